The van der Waals surface area contributed by atoms with Crippen molar-refractivity contribution >= 4 is 23.3 Å². The van der Waals surface area contributed by atoms with Crippen LogP contribution < -0.4 is 14.8 Å². The largest absolute Gasteiger partial charge is 0.497 e. The van der Waals surface area contributed by atoms with Crippen molar-refractivity contribution in [3.63, 3.8) is 0 Å². The van der Waals surface area contributed by atoms with Gasteiger partial charge in [-0.15, -0.1) is 0 Å². The standard InChI is InChI=1S/C20H18ClN3O3/c1-26-14-6-7-17(27-2)15(9-14)16-10-18(25)23-20-19(16)22-11-24(20)13-5-3-4-12(21)8-13/h3-9,11,16H,10H2,1-2H3,(H,23,25)/t16-/m1/s1. The molecule has 1 atom stereocenters. The lowest BCUT2D eigenvalue weighted by Crippen LogP contribution is -2.25. The zero-order valence-electron chi connectivity index (χ0n) is 14.9. The fourth-order valence-electron chi connectivity index (χ4n) is 3.40. The molecule has 0 radical (unpaired) electrons. The maximum Gasteiger partial charge on any atom is 0.226 e. The van der Waals surface area contributed by atoms with Crippen molar-refractivity contribution in [2.24, 2.45) is 0 Å². The Labute approximate surface area is 161 Å². The molecule has 138 valence electrons. The van der Waals surface area contributed by atoms with Crippen molar-refractivity contribution in [2.75, 3.05) is 19.5 Å². The second-order valence-electron chi connectivity index (χ2n) is 6.24. The molecule has 1 aliphatic heterocycles. The molecule has 2 aromatic carbocycles. The highest BCUT2D eigenvalue weighted by atomic mass is 35.5. The Bertz CT molecular complexity index is 1020. The lowest BCUT2D eigenvalue weighted by molar-refractivity contribution is -0.116. The zero-order valence-corrected chi connectivity index (χ0v) is 15.7. The van der Waals surface area contributed by atoms with Gasteiger partial charge in [-0.2, -0.15) is 0 Å². The third-order valence-electron chi connectivity index (χ3n) is 4.67. The molecule has 3 aromatic rings. The van der Waals surface area contributed by atoms with Crippen LogP contribution in [0.5, 0.6) is 11.5 Å². The van der Waals surface area contributed by atoms with Crippen LogP contribution in [-0.2, 0) is 4.79 Å². The first kappa shape index (κ1) is 17.4. The zero-order chi connectivity index (χ0) is 19.0. The van der Waals surface area contributed by atoms with E-state index in [1.165, 1.54) is 0 Å². The normalized spacial score (nSPS) is 15.8. The average molecular weight is 384 g/mol. The van der Waals surface area contributed by atoms with Gasteiger partial charge in [0.25, 0.3) is 0 Å². The number of halogens is 1. The minimum Gasteiger partial charge on any atom is -0.497 e. The van der Waals surface area contributed by atoms with Gasteiger partial charge in [0.2, 0.25) is 5.91 Å². The summed E-state index contributed by atoms with van der Waals surface area (Å²) in [5.74, 6) is 1.72. The summed E-state index contributed by atoms with van der Waals surface area (Å²) in [4.78, 5) is 17.1. The predicted octanol–water partition coefficient (Wildman–Crippen LogP) is 4.02. The van der Waals surface area contributed by atoms with Crippen molar-refractivity contribution in [2.45, 2.75) is 12.3 Å². The van der Waals surface area contributed by atoms with Crippen LogP contribution in [0, 0.1) is 0 Å². The van der Waals surface area contributed by atoms with Crippen molar-refractivity contribution in [3.8, 4) is 17.2 Å². The number of aromatic nitrogens is 2. The van der Waals surface area contributed by atoms with Crippen LogP contribution in [0.15, 0.2) is 48.8 Å². The highest BCUT2D eigenvalue weighted by Crippen LogP contribution is 2.42. The maximum absolute atomic E-state index is 12.5. The molecule has 6 nitrogen and oxygen atoms in total. The van der Waals surface area contributed by atoms with Gasteiger partial charge in [-0.1, -0.05) is 17.7 Å². The molecule has 2 heterocycles. The number of carbonyl (C=O) groups excluding carboxylic acids is 1. The van der Waals surface area contributed by atoms with Gasteiger partial charge in [-0.05, 0) is 36.4 Å². The predicted molar refractivity (Wildman–Crippen MR) is 103 cm³/mol. The Kier molecular flexibility index (Phi) is 4.49. The minimum atomic E-state index is -0.237. The van der Waals surface area contributed by atoms with Gasteiger partial charge in [0.15, 0.2) is 0 Å². The maximum atomic E-state index is 12.5. The molecule has 1 N–H and O–H groups in total. The molecule has 1 aromatic heterocycles. The molecule has 7 heteroatoms. The Balaban J connectivity index is 1.85. The van der Waals surface area contributed by atoms with Gasteiger partial charge in [-0.3, -0.25) is 9.36 Å². The van der Waals surface area contributed by atoms with E-state index in [0.717, 1.165) is 16.9 Å². The van der Waals surface area contributed by atoms with Crippen LogP contribution >= 0.6 is 11.6 Å². The van der Waals surface area contributed by atoms with E-state index in [1.54, 1.807) is 26.6 Å². The van der Waals surface area contributed by atoms with E-state index >= 15 is 0 Å². The number of carbonyl (C=O) groups is 1. The summed E-state index contributed by atoms with van der Waals surface area (Å²) in [7, 11) is 3.22. The molecule has 0 unspecified atom stereocenters. The van der Waals surface area contributed by atoms with Crippen LogP contribution in [0.3, 0.4) is 0 Å². The molecule has 27 heavy (non-hydrogen) atoms. The molecule has 1 amide bonds. The van der Waals surface area contributed by atoms with E-state index in [0.29, 0.717) is 22.3 Å². The van der Waals surface area contributed by atoms with Gasteiger partial charge >= 0.3 is 0 Å². The van der Waals surface area contributed by atoms with E-state index in [-0.39, 0.29) is 18.2 Å². The van der Waals surface area contributed by atoms with Crippen LogP contribution in [0.1, 0.15) is 23.6 Å². The van der Waals surface area contributed by atoms with E-state index in [2.05, 4.69) is 10.3 Å². The molecule has 4 rings (SSSR count). The van der Waals surface area contributed by atoms with Gasteiger partial charge < -0.3 is 14.8 Å². The number of nitrogens with zero attached hydrogens (tertiary/aromatic N) is 2. The number of fused-ring (bicyclic) bond motifs is 1. The van der Waals surface area contributed by atoms with Crippen molar-refractivity contribution in [3.05, 3.63) is 65.1 Å². The van der Waals surface area contributed by atoms with E-state index < -0.39 is 0 Å². The molecule has 1 aliphatic rings. The van der Waals surface area contributed by atoms with Gasteiger partial charge in [-0.25, -0.2) is 4.98 Å². The van der Waals surface area contributed by atoms with E-state index in [4.69, 9.17) is 21.1 Å². The Hall–Kier alpha value is -2.99. The molecular weight excluding hydrogens is 366 g/mol. The molecule has 0 saturated carbocycles. The third-order valence-corrected chi connectivity index (χ3v) is 4.91. The molecule has 0 spiro atoms. The summed E-state index contributed by atoms with van der Waals surface area (Å²) in [6, 6.07) is 13.0. The third kappa shape index (κ3) is 3.13. The van der Waals surface area contributed by atoms with Crippen LogP contribution in [0.2, 0.25) is 5.02 Å². The summed E-state index contributed by atoms with van der Waals surface area (Å²) in [5.41, 5.74) is 2.47. The number of benzene rings is 2. The number of rotatable bonds is 4. The monoisotopic (exact) mass is 383 g/mol. The number of amides is 1. The molecular formula is C20H18ClN3O3. The van der Waals surface area contributed by atoms with Crippen LogP contribution in [-0.4, -0.2) is 29.7 Å². The van der Waals surface area contributed by atoms with Gasteiger partial charge in [0.1, 0.15) is 23.6 Å². The van der Waals surface area contributed by atoms with Gasteiger partial charge in [0, 0.05) is 28.6 Å². The summed E-state index contributed by atoms with van der Waals surface area (Å²) in [6.07, 6.45) is 1.98. The Morgan fingerprint density at radius 2 is 2.04 bits per heavy atom. The number of imidazole rings is 1. The van der Waals surface area contributed by atoms with Crippen molar-refractivity contribution in [1.82, 2.24) is 9.55 Å². The Morgan fingerprint density at radius 3 is 2.78 bits per heavy atom. The number of hydrogen-bond donors (Lipinski definition) is 1. The number of nitrogens with one attached hydrogen (secondary N) is 1. The summed E-state index contributed by atoms with van der Waals surface area (Å²) in [6.45, 7) is 0. The van der Waals surface area contributed by atoms with Crippen molar-refractivity contribution in [1.29, 1.82) is 0 Å². The van der Waals surface area contributed by atoms with Gasteiger partial charge in [0.05, 0.1) is 19.9 Å². The molecule has 0 saturated heterocycles. The quantitative estimate of drug-likeness (QED) is 0.739. The average Bonchev–Trinajstić information content (AvgIpc) is 3.10. The number of methoxy groups -OCH3 is 2. The fourth-order valence-corrected chi connectivity index (χ4v) is 3.58. The topological polar surface area (TPSA) is 65.4 Å². The second-order valence-corrected chi connectivity index (χ2v) is 6.68. The molecule has 0 bridgehead atoms. The minimum absolute atomic E-state index is 0.0823. The lowest BCUT2D eigenvalue weighted by atomic mass is 9.89. The highest BCUT2D eigenvalue weighted by Gasteiger charge is 2.33. The van der Waals surface area contributed by atoms with Crippen LogP contribution in [0.4, 0.5) is 5.82 Å². The fraction of sp³-hybridized carbons (Fsp3) is 0.200. The van der Waals surface area contributed by atoms with E-state index in [9.17, 15) is 4.79 Å². The van der Waals surface area contributed by atoms with Crippen LogP contribution in [0.25, 0.3) is 5.69 Å². The number of anilines is 1. The summed E-state index contributed by atoms with van der Waals surface area (Å²) < 4.78 is 12.7. The van der Waals surface area contributed by atoms with Crippen molar-refractivity contribution < 1.29 is 14.3 Å². The smallest absolute Gasteiger partial charge is 0.226 e. The SMILES string of the molecule is COc1ccc(OC)c([C@H]2CC(=O)Nc3c2ncn3-c2cccc(Cl)c2)c1. The van der Waals surface area contributed by atoms with E-state index in [1.807, 2.05) is 41.0 Å². The molecule has 0 fully saturated rings. The first-order valence-electron chi connectivity index (χ1n) is 8.45. The lowest BCUT2D eigenvalue weighted by Gasteiger charge is -2.25. The molecule has 0 aliphatic carbocycles. The number of hydrogen-bond acceptors (Lipinski definition) is 4. The first-order chi connectivity index (χ1) is 13.1. The second kappa shape index (κ2) is 6.96. The summed E-state index contributed by atoms with van der Waals surface area (Å²) >= 11 is 6.12. The first-order valence-corrected chi connectivity index (χ1v) is 8.83. The highest BCUT2D eigenvalue weighted by molar-refractivity contribution is 6.30. The summed E-state index contributed by atoms with van der Waals surface area (Å²) in [5, 5.41) is 3.55. The Morgan fingerprint density at radius 1 is 1.19 bits per heavy atom. The number of ether oxygens (including phenoxy) is 2.